The molecule has 0 saturated carbocycles. The van der Waals surface area contributed by atoms with E-state index in [1.54, 1.807) is 25.3 Å². The standard InChI is InChI=1S/C19H19Cl2NO3S/c1-23-18-11-13(19(26)22-7-9-24-10-8-22)5-6-17(18)25-12-14-15(20)3-2-4-16(14)21/h2-6,11H,7-10,12H2,1H3. The van der Waals surface area contributed by atoms with Crippen LogP contribution < -0.4 is 9.47 Å². The molecule has 0 N–H and O–H groups in total. The lowest BCUT2D eigenvalue weighted by Crippen LogP contribution is -2.40. The summed E-state index contributed by atoms with van der Waals surface area (Å²) >= 11 is 18.0. The van der Waals surface area contributed by atoms with E-state index in [2.05, 4.69) is 4.90 Å². The van der Waals surface area contributed by atoms with Gasteiger partial charge < -0.3 is 19.1 Å². The molecule has 26 heavy (non-hydrogen) atoms. The zero-order chi connectivity index (χ0) is 18.5. The fraction of sp³-hybridized carbons (Fsp3) is 0.316. The molecule has 0 atom stereocenters. The van der Waals surface area contributed by atoms with E-state index in [-0.39, 0.29) is 6.61 Å². The van der Waals surface area contributed by atoms with Crippen molar-refractivity contribution in [2.45, 2.75) is 6.61 Å². The zero-order valence-electron chi connectivity index (χ0n) is 14.3. The van der Waals surface area contributed by atoms with E-state index in [0.717, 1.165) is 29.2 Å². The summed E-state index contributed by atoms with van der Waals surface area (Å²) in [6.45, 7) is 3.23. The van der Waals surface area contributed by atoms with Crippen molar-refractivity contribution >= 4 is 40.4 Å². The van der Waals surface area contributed by atoms with Crippen LogP contribution in [0.25, 0.3) is 0 Å². The van der Waals surface area contributed by atoms with Crippen LogP contribution in [0.3, 0.4) is 0 Å². The Balaban J connectivity index is 1.75. The third-order valence-electron chi connectivity index (χ3n) is 4.14. The van der Waals surface area contributed by atoms with Crippen molar-refractivity contribution in [3.63, 3.8) is 0 Å². The number of thiocarbonyl (C=S) groups is 1. The summed E-state index contributed by atoms with van der Waals surface area (Å²) < 4.78 is 16.7. The summed E-state index contributed by atoms with van der Waals surface area (Å²) in [4.78, 5) is 2.92. The van der Waals surface area contributed by atoms with Crippen LogP contribution in [-0.2, 0) is 11.3 Å². The van der Waals surface area contributed by atoms with Crippen molar-refractivity contribution in [1.82, 2.24) is 4.90 Å². The van der Waals surface area contributed by atoms with Crippen molar-refractivity contribution in [3.05, 3.63) is 57.6 Å². The number of morpholine rings is 1. The van der Waals surface area contributed by atoms with E-state index >= 15 is 0 Å². The van der Waals surface area contributed by atoms with Crippen LogP contribution in [0.1, 0.15) is 11.1 Å². The molecule has 0 radical (unpaired) electrons. The molecule has 0 aliphatic carbocycles. The summed E-state index contributed by atoms with van der Waals surface area (Å²) in [5.41, 5.74) is 1.66. The second kappa shape index (κ2) is 8.91. The Labute approximate surface area is 168 Å². The molecule has 1 aliphatic rings. The third-order valence-corrected chi connectivity index (χ3v) is 5.34. The predicted octanol–water partition coefficient (Wildman–Crippen LogP) is 4.59. The normalized spacial score (nSPS) is 14.2. The largest absolute Gasteiger partial charge is 0.493 e. The van der Waals surface area contributed by atoms with E-state index in [1.165, 1.54) is 0 Å². The number of hydrogen-bond acceptors (Lipinski definition) is 4. The molecular weight excluding hydrogens is 393 g/mol. The van der Waals surface area contributed by atoms with Gasteiger partial charge in [0.1, 0.15) is 11.6 Å². The Morgan fingerprint density at radius 1 is 1.12 bits per heavy atom. The second-order valence-corrected chi connectivity index (χ2v) is 6.96. The molecule has 7 heteroatoms. The van der Waals surface area contributed by atoms with Crippen LogP contribution in [-0.4, -0.2) is 43.3 Å². The molecule has 4 nitrogen and oxygen atoms in total. The van der Waals surface area contributed by atoms with E-state index in [9.17, 15) is 0 Å². The highest BCUT2D eigenvalue weighted by Crippen LogP contribution is 2.32. The van der Waals surface area contributed by atoms with Gasteiger partial charge in [-0.05, 0) is 30.3 Å². The van der Waals surface area contributed by atoms with Gasteiger partial charge >= 0.3 is 0 Å². The molecule has 0 aromatic heterocycles. The average Bonchev–Trinajstić information content (AvgIpc) is 2.67. The van der Waals surface area contributed by atoms with Crippen LogP contribution in [0.15, 0.2) is 36.4 Å². The highest BCUT2D eigenvalue weighted by Gasteiger charge is 2.17. The van der Waals surface area contributed by atoms with Gasteiger partial charge in [-0.3, -0.25) is 0 Å². The van der Waals surface area contributed by atoms with Crippen LogP contribution in [0, 0.1) is 0 Å². The van der Waals surface area contributed by atoms with Gasteiger partial charge in [-0.1, -0.05) is 41.5 Å². The van der Waals surface area contributed by atoms with Crippen LogP contribution in [0.4, 0.5) is 0 Å². The second-order valence-electron chi connectivity index (χ2n) is 5.76. The maximum absolute atomic E-state index is 6.19. The molecule has 2 aromatic carbocycles. The summed E-state index contributed by atoms with van der Waals surface area (Å²) in [6.07, 6.45) is 0. The van der Waals surface area contributed by atoms with Gasteiger partial charge in [0.15, 0.2) is 11.5 Å². The molecule has 1 aliphatic heterocycles. The number of hydrogen-bond donors (Lipinski definition) is 0. The molecule has 3 rings (SSSR count). The first-order valence-corrected chi connectivity index (χ1v) is 9.37. The highest BCUT2D eigenvalue weighted by atomic mass is 35.5. The lowest BCUT2D eigenvalue weighted by molar-refractivity contribution is 0.0693. The summed E-state index contributed by atoms with van der Waals surface area (Å²) in [5.74, 6) is 1.22. The Kier molecular flexibility index (Phi) is 6.59. The first-order chi connectivity index (χ1) is 12.6. The summed E-state index contributed by atoms with van der Waals surface area (Å²) in [6, 6.07) is 11.0. The SMILES string of the molecule is COc1cc(C(=S)N2CCOCC2)ccc1OCc1c(Cl)cccc1Cl. The monoisotopic (exact) mass is 411 g/mol. The molecule has 1 fully saturated rings. The van der Waals surface area contributed by atoms with Gasteiger partial charge in [0.2, 0.25) is 0 Å². The topological polar surface area (TPSA) is 30.9 Å². The van der Waals surface area contributed by atoms with Gasteiger partial charge in [-0.15, -0.1) is 0 Å². The Morgan fingerprint density at radius 3 is 2.46 bits per heavy atom. The molecule has 0 spiro atoms. The molecule has 0 bridgehead atoms. The first-order valence-electron chi connectivity index (χ1n) is 8.21. The first kappa shape index (κ1) is 19.2. The van der Waals surface area contributed by atoms with E-state index in [0.29, 0.717) is 34.8 Å². The van der Waals surface area contributed by atoms with Crippen molar-refractivity contribution in [2.75, 3.05) is 33.4 Å². The number of nitrogens with zero attached hydrogens (tertiary/aromatic N) is 1. The maximum atomic E-state index is 6.19. The minimum Gasteiger partial charge on any atom is -0.493 e. The zero-order valence-corrected chi connectivity index (χ0v) is 16.7. The fourth-order valence-electron chi connectivity index (χ4n) is 2.69. The Morgan fingerprint density at radius 2 is 1.81 bits per heavy atom. The lowest BCUT2D eigenvalue weighted by Gasteiger charge is -2.29. The van der Waals surface area contributed by atoms with Gasteiger partial charge in [0.25, 0.3) is 0 Å². The molecule has 138 valence electrons. The Hall–Kier alpha value is -1.53. The average molecular weight is 412 g/mol. The van der Waals surface area contributed by atoms with Crippen LogP contribution >= 0.6 is 35.4 Å². The molecule has 1 saturated heterocycles. The van der Waals surface area contributed by atoms with Crippen molar-refractivity contribution < 1.29 is 14.2 Å². The van der Waals surface area contributed by atoms with E-state index in [1.807, 2.05) is 18.2 Å². The Bertz CT molecular complexity index is 774. The van der Waals surface area contributed by atoms with E-state index in [4.69, 9.17) is 49.6 Å². The van der Waals surface area contributed by atoms with Gasteiger partial charge in [-0.2, -0.15) is 0 Å². The number of halogens is 2. The van der Waals surface area contributed by atoms with Crippen molar-refractivity contribution in [3.8, 4) is 11.5 Å². The number of rotatable bonds is 5. The smallest absolute Gasteiger partial charge is 0.161 e. The predicted molar refractivity (Wildman–Crippen MR) is 108 cm³/mol. The molecule has 0 amide bonds. The van der Waals surface area contributed by atoms with Gasteiger partial charge in [0, 0.05) is 34.3 Å². The minimum atomic E-state index is 0.252. The maximum Gasteiger partial charge on any atom is 0.161 e. The minimum absolute atomic E-state index is 0.252. The number of methoxy groups -OCH3 is 1. The third kappa shape index (κ3) is 4.41. The van der Waals surface area contributed by atoms with Gasteiger partial charge in [-0.25, -0.2) is 0 Å². The van der Waals surface area contributed by atoms with Crippen LogP contribution in [0.2, 0.25) is 10.0 Å². The highest BCUT2D eigenvalue weighted by molar-refractivity contribution is 7.80. The van der Waals surface area contributed by atoms with E-state index < -0.39 is 0 Å². The number of ether oxygens (including phenoxy) is 3. The fourth-order valence-corrected chi connectivity index (χ4v) is 3.51. The van der Waals surface area contributed by atoms with Crippen molar-refractivity contribution in [2.24, 2.45) is 0 Å². The molecular formula is C19H19Cl2NO3S. The van der Waals surface area contributed by atoms with Crippen LogP contribution in [0.5, 0.6) is 11.5 Å². The summed E-state index contributed by atoms with van der Waals surface area (Å²) in [5, 5.41) is 1.14. The van der Waals surface area contributed by atoms with Crippen molar-refractivity contribution in [1.29, 1.82) is 0 Å². The number of benzene rings is 2. The molecule has 1 heterocycles. The molecule has 2 aromatic rings. The molecule has 0 unspecified atom stereocenters. The quantitative estimate of drug-likeness (QED) is 0.671. The van der Waals surface area contributed by atoms with Gasteiger partial charge in [0.05, 0.1) is 20.3 Å². The summed E-state index contributed by atoms with van der Waals surface area (Å²) in [7, 11) is 1.60. The lowest BCUT2D eigenvalue weighted by atomic mass is 10.1.